The Labute approximate surface area is 317 Å². The molecule has 3 heterocycles. The number of aryl methyl sites for hydroxylation is 1. The second-order valence-corrected chi connectivity index (χ2v) is 16.2. The van der Waals surface area contributed by atoms with Crippen molar-refractivity contribution in [2.24, 2.45) is 0 Å². The summed E-state index contributed by atoms with van der Waals surface area (Å²) in [5, 5.41) is 15.6. The third-order valence-electron chi connectivity index (χ3n) is 9.52. The van der Waals surface area contributed by atoms with Gasteiger partial charge in [-0.25, -0.2) is 13.1 Å². The molecule has 4 aromatic carbocycles. The van der Waals surface area contributed by atoms with Crippen LogP contribution in [0, 0.1) is 10.1 Å². The van der Waals surface area contributed by atoms with Crippen molar-refractivity contribution in [3.8, 4) is 11.1 Å². The number of nitrogens with zero attached hydrogens (tertiary/aromatic N) is 4. The Balaban J connectivity index is 0.978. The Morgan fingerprint density at radius 3 is 2.58 bits per heavy atom. The summed E-state index contributed by atoms with van der Waals surface area (Å²) >= 11 is 7.71. The summed E-state index contributed by atoms with van der Waals surface area (Å²) in [4.78, 5) is 34.7. The van der Waals surface area contributed by atoms with Gasteiger partial charge in [-0.15, -0.1) is 11.8 Å². The van der Waals surface area contributed by atoms with Gasteiger partial charge in [-0.05, 0) is 84.6 Å². The van der Waals surface area contributed by atoms with Crippen LogP contribution in [0.2, 0.25) is 5.02 Å². The number of amides is 1. The third kappa shape index (κ3) is 8.49. The highest BCUT2D eigenvalue weighted by Crippen LogP contribution is 2.35. The molecule has 14 heteroatoms. The number of thioether (sulfide) groups is 1. The molecule has 2 N–H and O–H groups in total. The molecular formula is C39H37ClN6O5S2. The van der Waals surface area contributed by atoms with Crippen LogP contribution in [0.3, 0.4) is 0 Å². The van der Waals surface area contributed by atoms with E-state index in [0.29, 0.717) is 17.3 Å². The number of benzene rings is 4. The molecule has 5 aromatic rings. The third-order valence-corrected chi connectivity index (χ3v) is 12.1. The molecule has 0 aliphatic carbocycles. The summed E-state index contributed by atoms with van der Waals surface area (Å²) in [5.74, 6) is -0.151. The van der Waals surface area contributed by atoms with Crippen LogP contribution in [0.4, 0.5) is 17.1 Å². The Hall–Kier alpha value is -4.95. The lowest BCUT2D eigenvalue weighted by Crippen LogP contribution is -2.54. The predicted molar refractivity (Wildman–Crippen MR) is 209 cm³/mol. The van der Waals surface area contributed by atoms with E-state index < -0.39 is 26.5 Å². The van der Waals surface area contributed by atoms with Gasteiger partial charge in [0, 0.05) is 83.5 Å². The predicted octanol–water partition coefficient (Wildman–Crippen LogP) is 7.27. The summed E-state index contributed by atoms with van der Waals surface area (Å²) in [5.41, 5.74) is 5.21. The Morgan fingerprint density at radius 1 is 0.981 bits per heavy atom. The number of halogens is 1. The summed E-state index contributed by atoms with van der Waals surface area (Å²) < 4.78 is 28.7. The van der Waals surface area contributed by atoms with E-state index in [9.17, 15) is 23.3 Å². The van der Waals surface area contributed by atoms with Gasteiger partial charge in [-0.3, -0.25) is 24.8 Å². The van der Waals surface area contributed by atoms with Crippen molar-refractivity contribution in [2.45, 2.75) is 35.2 Å². The zero-order valence-electron chi connectivity index (χ0n) is 28.7. The number of nitro groups is 1. The van der Waals surface area contributed by atoms with Crippen molar-refractivity contribution in [1.82, 2.24) is 14.6 Å². The molecule has 1 aromatic heterocycles. The van der Waals surface area contributed by atoms with E-state index in [4.69, 9.17) is 16.6 Å². The molecule has 1 fully saturated rings. The first kappa shape index (κ1) is 36.4. The lowest BCUT2D eigenvalue weighted by atomic mass is 9.92. The Bertz CT molecular complexity index is 2240. The van der Waals surface area contributed by atoms with E-state index in [1.807, 2.05) is 72.9 Å². The van der Waals surface area contributed by atoms with E-state index in [1.165, 1.54) is 12.1 Å². The van der Waals surface area contributed by atoms with Crippen LogP contribution in [0.15, 0.2) is 119 Å². The monoisotopic (exact) mass is 768 g/mol. The fraction of sp³-hybridized carbons (Fsp3) is 0.231. The highest BCUT2D eigenvalue weighted by Gasteiger charge is 2.33. The first-order chi connectivity index (χ1) is 25.6. The molecule has 1 saturated heterocycles. The number of piperazine rings is 1. The van der Waals surface area contributed by atoms with E-state index in [2.05, 4.69) is 25.9 Å². The first-order valence-corrected chi connectivity index (χ1v) is 20.1. The van der Waals surface area contributed by atoms with E-state index in [-0.39, 0.29) is 22.2 Å². The first-order valence-electron chi connectivity index (χ1n) is 17.2. The number of hydrogen-bond acceptors (Lipinski definition) is 10. The van der Waals surface area contributed by atoms with Gasteiger partial charge in [0.1, 0.15) is 5.69 Å². The number of sulfonamides is 1. The number of rotatable bonds is 12. The number of aromatic nitrogens is 1. The molecule has 7 rings (SSSR count). The van der Waals surface area contributed by atoms with Gasteiger partial charge < -0.3 is 10.2 Å². The van der Waals surface area contributed by atoms with Crippen LogP contribution in [0.5, 0.6) is 0 Å². The molecule has 0 saturated carbocycles. The zero-order valence-corrected chi connectivity index (χ0v) is 31.0. The molecule has 0 unspecified atom stereocenters. The van der Waals surface area contributed by atoms with Crippen LogP contribution in [0.1, 0.15) is 28.0 Å². The number of carbonyl (C=O) groups is 1. The minimum Gasteiger partial charge on any atom is -0.379 e. The van der Waals surface area contributed by atoms with Gasteiger partial charge in [0.05, 0.1) is 15.5 Å². The summed E-state index contributed by atoms with van der Waals surface area (Å²) in [6.45, 7) is 3.65. The van der Waals surface area contributed by atoms with Crippen molar-refractivity contribution in [3.05, 3.63) is 141 Å². The van der Waals surface area contributed by atoms with Gasteiger partial charge in [-0.2, -0.15) is 0 Å². The average molecular weight is 769 g/mol. The molecule has 11 nitrogen and oxygen atoms in total. The maximum atomic E-state index is 13.3. The summed E-state index contributed by atoms with van der Waals surface area (Å²) in [7, 11) is -4.40. The molecule has 1 atom stereocenters. The van der Waals surface area contributed by atoms with E-state index in [0.717, 1.165) is 78.1 Å². The van der Waals surface area contributed by atoms with Crippen molar-refractivity contribution in [1.29, 1.82) is 0 Å². The van der Waals surface area contributed by atoms with Crippen molar-refractivity contribution in [3.63, 3.8) is 0 Å². The zero-order chi connectivity index (χ0) is 37.0. The van der Waals surface area contributed by atoms with Crippen LogP contribution >= 0.6 is 23.4 Å². The number of anilines is 2. The molecule has 272 valence electrons. The summed E-state index contributed by atoms with van der Waals surface area (Å²) in [6.07, 6.45) is 3.45. The fourth-order valence-electron chi connectivity index (χ4n) is 6.92. The molecule has 53 heavy (non-hydrogen) atoms. The molecule has 2 aliphatic heterocycles. The van der Waals surface area contributed by atoms with Crippen molar-refractivity contribution in [2.75, 3.05) is 42.1 Å². The van der Waals surface area contributed by atoms with Gasteiger partial charge >= 0.3 is 0 Å². The van der Waals surface area contributed by atoms with Gasteiger partial charge in [-0.1, -0.05) is 48.0 Å². The number of carbonyl (C=O) groups excluding carboxylic acids is 1. The number of pyridine rings is 1. The molecule has 1 amide bonds. The number of fused-ring (bicyclic) bond motifs is 3. The molecule has 0 spiro atoms. The molecule has 2 aliphatic rings. The summed E-state index contributed by atoms with van der Waals surface area (Å²) in [6, 6.07) is 30.7. The van der Waals surface area contributed by atoms with Gasteiger partial charge in [0.2, 0.25) is 0 Å². The maximum absolute atomic E-state index is 13.3. The Kier molecular flexibility index (Phi) is 11.0. The van der Waals surface area contributed by atoms with Crippen LogP contribution in [-0.4, -0.2) is 67.1 Å². The average Bonchev–Trinajstić information content (AvgIpc) is 3.17. The normalized spacial score (nSPS) is 15.6. The topological polar surface area (TPSA) is 138 Å². The highest BCUT2D eigenvalue weighted by molar-refractivity contribution is 7.99. The minimum absolute atomic E-state index is 0.196. The van der Waals surface area contributed by atoms with E-state index in [1.54, 1.807) is 23.9 Å². The molecular weight excluding hydrogens is 732 g/mol. The lowest BCUT2D eigenvalue weighted by Gasteiger charge is -2.46. The van der Waals surface area contributed by atoms with Crippen LogP contribution < -0.4 is 14.9 Å². The van der Waals surface area contributed by atoms with Crippen molar-refractivity contribution >= 4 is 56.4 Å². The smallest absolute Gasteiger partial charge is 0.293 e. The van der Waals surface area contributed by atoms with Gasteiger partial charge in [0.15, 0.2) is 0 Å². The van der Waals surface area contributed by atoms with Crippen LogP contribution in [0.25, 0.3) is 11.1 Å². The van der Waals surface area contributed by atoms with Crippen LogP contribution in [-0.2, 0) is 23.0 Å². The van der Waals surface area contributed by atoms with Gasteiger partial charge in [0.25, 0.3) is 21.6 Å². The lowest BCUT2D eigenvalue weighted by molar-refractivity contribution is -0.384. The largest absolute Gasteiger partial charge is 0.379 e. The number of nitro benzene ring substituents is 1. The minimum atomic E-state index is -4.40. The number of nitrogens with one attached hydrogen (secondary N) is 2. The molecule has 0 bridgehead atoms. The maximum Gasteiger partial charge on any atom is 0.293 e. The Morgan fingerprint density at radius 2 is 1.79 bits per heavy atom. The second-order valence-electron chi connectivity index (χ2n) is 12.9. The second kappa shape index (κ2) is 16.0. The highest BCUT2D eigenvalue weighted by atomic mass is 35.5. The standard InChI is InChI=1S/C39H37ClN6O5S2/c40-30-12-8-27(9-13-30)34-7-4-18-41-36(34)26-44-20-21-45-31(25-44)14-10-28-23-29(11-17-37(28)45)39(47)43-53(50,51)33-15-16-35(38(24-33)46(48)49)42-19-22-52-32-5-2-1-3-6-32/h1-9,11-13,15-18,23-24,31,42H,10,14,19-22,25-26H2,(H,43,47)/t31-/m1/s1. The van der Waals surface area contributed by atoms with E-state index >= 15 is 0 Å². The number of hydrogen-bond donors (Lipinski definition) is 2. The molecule has 0 radical (unpaired) electrons. The quantitative estimate of drug-likeness (QED) is 0.0577. The SMILES string of the molecule is O=C(NS(=O)(=O)c1ccc(NCCSc2ccccc2)c([N+](=O)[O-])c1)c1ccc2c(c1)CC[C@@H]1CN(Cc3ncccc3-c3ccc(Cl)cc3)CCN21. The fourth-order valence-corrected chi connectivity index (χ4v) is 8.82. The van der Waals surface area contributed by atoms with Crippen molar-refractivity contribution < 1.29 is 18.1 Å².